The summed E-state index contributed by atoms with van der Waals surface area (Å²) >= 11 is 0. The molecule has 5 nitrogen and oxygen atoms in total. The molecule has 1 aromatic carbocycles. The Labute approximate surface area is 178 Å². The SMILES string of the molecule is CCCCC(CC)CN(CC(CC)CCCC)Cn1nnc2c(CN)cccc21. The van der Waals surface area contributed by atoms with E-state index in [1.165, 1.54) is 51.4 Å². The minimum atomic E-state index is 0.504. The minimum absolute atomic E-state index is 0.504. The molecule has 1 aromatic heterocycles. The van der Waals surface area contributed by atoms with Crippen LogP contribution in [0, 0.1) is 11.8 Å². The van der Waals surface area contributed by atoms with Crippen LogP contribution in [0.4, 0.5) is 0 Å². The van der Waals surface area contributed by atoms with E-state index in [0.29, 0.717) is 6.54 Å². The average molecular weight is 402 g/mol. The van der Waals surface area contributed by atoms with Crippen molar-refractivity contribution in [3.63, 3.8) is 0 Å². The maximum absolute atomic E-state index is 5.90. The maximum atomic E-state index is 5.90. The Hall–Kier alpha value is -1.46. The van der Waals surface area contributed by atoms with Gasteiger partial charge in [0.2, 0.25) is 0 Å². The second-order valence-corrected chi connectivity index (χ2v) is 8.59. The Morgan fingerprint density at radius 1 is 0.966 bits per heavy atom. The fourth-order valence-electron chi connectivity index (χ4n) is 4.26. The Morgan fingerprint density at radius 2 is 1.59 bits per heavy atom. The lowest BCUT2D eigenvalue weighted by Crippen LogP contribution is -2.36. The summed E-state index contributed by atoms with van der Waals surface area (Å²) in [5.74, 6) is 1.51. The number of nitrogens with two attached hydrogens (primary N) is 1. The van der Waals surface area contributed by atoms with E-state index in [-0.39, 0.29) is 0 Å². The Balaban J connectivity index is 2.19. The summed E-state index contributed by atoms with van der Waals surface area (Å²) in [7, 11) is 0. The molecule has 29 heavy (non-hydrogen) atoms. The van der Waals surface area contributed by atoms with Crippen LogP contribution >= 0.6 is 0 Å². The van der Waals surface area contributed by atoms with Crippen LogP contribution in [0.1, 0.15) is 84.6 Å². The molecule has 0 saturated carbocycles. The van der Waals surface area contributed by atoms with Crippen LogP contribution in [0.3, 0.4) is 0 Å². The monoisotopic (exact) mass is 401 g/mol. The van der Waals surface area contributed by atoms with Gasteiger partial charge in [0.25, 0.3) is 0 Å². The first-order chi connectivity index (χ1) is 14.2. The molecular formula is C24H43N5. The van der Waals surface area contributed by atoms with E-state index in [4.69, 9.17) is 5.73 Å². The second-order valence-electron chi connectivity index (χ2n) is 8.59. The third kappa shape index (κ3) is 7.07. The molecule has 2 N–H and O–H groups in total. The van der Waals surface area contributed by atoms with Crippen molar-refractivity contribution in [3.8, 4) is 0 Å². The first-order valence-corrected chi connectivity index (χ1v) is 11.9. The summed E-state index contributed by atoms with van der Waals surface area (Å²) in [4.78, 5) is 2.64. The average Bonchev–Trinajstić information content (AvgIpc) is 3.16. The highest BCUT2D eigenvalue weighted by molar-refractivity contribution is 5.77. The van der Waals surface area contributed by atoms with E-state index in [1.54, 1.807) is 0 Å². The van der Waals surface area contributed by atoms with Crippen molar-refractivity contribution < 1.29 is 0 Å². The van der Waals surface area contributed by atoms with Crippen LogP contribution in [0.5, 0.6) is 0 Å². The highest BCUT2D eigenvalue weighted by Gasteiger charge is 2.19. The lowest BCUT2D eigenvalue weighted by Gasteiger charge is -2.30. The Kier molecular flexibility index (Phi) is 10.6. The number of hydrogen-bond acceptors (Lipinski definition) is 4. The summed E-state index contributed by atoms with van der Waals surface area (Å²) < 4.78 is 2.08. The van der Waals surface area contributed by atoms with E-state index in [1.807, 2.05) is 0 Å². The van der Waals surface area contributed by atoms with E-state index in [0.717, 1.165) is 48.2 Å². The molecule has 0 saturated heterocycles. The first kappa shape index (κ1) is 23.8. The lowest BCUT2D eigenvalue weighted by molar-refractivity contribution is 0.139. The highest BCUT2D eigenvalue weighted by atomic mass is 15.5. The molecule has 164 valence electrons. The van der Waals surface area contributed by atoms with E-state index in [2.05, 4.69) is 65.8 Å². The number of hydrogen-bond donors (Lipinski definition) is 1. The third-order valence-corrected chi connectivity index (χ3v) is 6.30. The van der Waals surface area contributed by atoms with Crippen molar-refractivity contribution in [2.45, 2.75) is 92.3 Å². The predicted molar refractivity (Wildman–Crippen MR) is 124 cm³/mol. The molecule has 5 heteroatoms. The zero-order chi connectivity index (χ0) is 21.1. The van der Waals surface area contributed by atoms with Gasteiger partial charge in [0.05, 0.1) is 12.2 Å². The van der Waals surface area contributed by atoms with Gasteiger partial charge in [0, 0.05) is 19.6 Å². The molecule has 0 aliphatic rings. The molecule has 2 rings (SSSR count). The van der Waals surface area contributed by atoms with E-state index in [9.17, 15) is 0 Å². The highest BCUT2D eigenvalue weighted by Crippen LogP contribution is 2.21. The third-order valence-electron chi connectivity index (χ3n) is 6.30. The molecule has 0 bridgehead atoms. The van der Waals surface area contributed by atoms with Gasteiger partial charge >= 0.3 is 0 Å². The fourth-order valence-corrected chi connectivity index (χ4v) is 4.26. The molecule has 0 radical (unpaired) electrons. The summed E-state index contributed by atoms with van der Waals surface area (Å²) in [5.41, 5.74) is 9.02. The number of unbranched alkanes of at least 4 members (excludes halogenated alkanes) is 2. The quantitative estimate of drug-likeness (QED) is 0.423. The summed E-state index contributed by atoms with van der Waals surface area (Å²) in [6.07, 6.45) is 10.3. The van der Waals surface area contributed by atoms with Gasteiger partial charge in [0.15, 0.2) is 0 Å². The first-order valence-electron chi connectivity index (χ1n) is 11.9. The van der Waals surface area contributed by atoms with Gasteiger partial charge in [-0.1, -0.05) is 83.6 Å². The van der Waals surface area contributed by atoms with Crippen molar-refractivity contribution in [2.24, 2.45) is 17.6 Å². The van der Waals surface area contributed by atoms with E-state index >= 15 is 0 Å². The van der Waals surface area contributed by atoms with Crippen LogP contribution < -0.4 is 5.73 Å². The van der Waals surface area contributed by atoms with E-state index < -0.39 is 0 Å². The van der Waals surface area contributed by atoms with Crippen LogP contribution in [0.15, 0.2) is 18.2 Å². The number of nitrogens with zero attached hydrogens (tertiary/aromatic N) is 4. The van der Waals surface area contributed by atoms with Crippen LogP contribution in [-0.2, 0) is 13.2 Å². The van der Waals surface area contributed by atoms with Gasteiger partial charge in [-0.15, -0.1) is 5.10 Å². The van der Waals surface area contributed by atoms with Crippen LogP contribution in [-0.4, -0.2) is 33.0 Å². The zero-order valence-electron chi connectivity index (χ0n) is 19.2. The molecule has 2 unspecified atom stereocenters. The van der Waals surface area contributed by atoms with Crippen LogP contribution in [0.2, 0.25) is 0 Å². The molecule has 2 aromatic rings. The summed E-state index contributed by atoms with van der Waals surface area (Å²) in [5, 5.41) is 8.95. The van der Waals surface area contributed by atoms with Gasteiger partial charge in [-0.05, 0) is 36.3 Å². The van der Waals surface area contributed by atoms with Gasteiger partial charge in [0.1, 0.15) is 5.52 Å². The number of aromatic nitrogens is 3. The predicted octanol–water partition coefficient (Wildman–Crippen LogP) is 5.58. The van der Waals surface area contributed by atoms with Crippen molar-refractivity contribution in [2.75, 3.05) is 13.1 Å². The maximum Gasteiger partial charge on any atom is 0.117 e. The Bertz CT molecular complexity index is 678. The fraction of sp³-hybridized carbons (Fsp3) is 0.750. The van der Waals surface area contributed by atoms with Gasteiger partial charge in [-0.2, -0.15) is 0 Å². The largest absolute Gasteiger partial charge is 0.326 e. The van der Waals surface area contributed by atoms with Gasteiger partial charge in [-0.25, -0.2) is 4.68 Å². The normalized spacial score (nSPS) is 14.0. The van der Waals surface area contributed by atoms with Crippen molar-refractivity contribution in [1.82, 2.24) is 19.9 Å². The van der Waals surface area contributed by atoms with Gasteiger partial charge in [-0.3, -0.25) is 4.90 Å². The Morgan fingerprint density at radius 3 is 2.10 bits per heavy atom. The van der Waals surface area contributed by atoms with Crippen molar-refractivity contribution in [3.05, 3.63) is 23.8 Å². The number of rotatable bonds is 15. The molecule has 0 spiro atoms. The van der Waals surface area contributed by atoms with Crippen molar-refractivity contribution >= 4 is 11.0 Å². The molecule has 1 heterocycles. The molecule has 0 aliphatic heterocycles. The van der Waals surface area contributed by atoms with Gasteiger partial charge < -0.3 is 5.73 Å². The summed E-state index contributed by atoms with van der Waals surface area (Å²) in [6, 6.07) is 6.24. The number of fused-ring (bicyclic) bond motifs is 1. The summed E-state index contributed by atoms with van der Waals surface area (Å²) in [6.45, 7) is 12.9. The topological polar surface area (TPSA) is 60.0 Å². The standard InChI is InChI=1S/C24H43N5/c1-5-9-12-20(7-3)17-28(18-21(8-4)13-10-6-2)19-29-23-15-11-14-22(16-25)24(23)26-27-29/h11,14-15,20-21H,5-10,12-13,16-19,25H2,1-4H3. The molecule has 0 fully saturated rings. The lowest BCUT2D eigenvalue weighted by atomic mass is 9.96. The molecule has 0 amide bonds. The van der Waals surface area contributed by atoms with Crippen LogP contribution in [0.25, 0.3) is 11.0 Å². The minimum Gasteiger partial charge on any atom is -0.326 e. The molecule has 0 aliphatic carbocycles. The second kappa shape index (κ2) is 13.0. The smallest absolute Gasteiger partial charge is 0.117 e. The zero-order valence-corrected chi connectivity index (χ0v) is 19.2. The molecular weight excluding hydrogens is 358 g/mol. The molecule has 2 atom stereocenters. The number of benzene rings is 1. The van der Waals surface area contributed by atoms with Crippen molar-refractivity contribution in [1.29, 1.82) is 0 Å².